The summed E-state index contributed by atoms with van der Waals surface area (Å²) in [5.74, 6) is -1.18. The number of amides is 2. The van der Waals surface area contributed by atoms with Crippen LogP contribution >= 0.6 is 34.2 Å². The van der Waals surface area contributed by atoms with Gasteiger partial charge in [-0.05, 0) is 40.8 Å². The van der Waals surface area contributed by atoms with Crippen molar-refractivity contribution in [3.63, 3.8) is 0 Å². The van der Waals surface area contributed by atoms with Gasteiger partial charge in [0.15, 0.2) is 6.61 Å². The van der Waals surface area contributed by atoms with Gasteiger partial charge in [0.05, 0.1) is 10.7 Å². The summed E-state index contributed by atoms with van der Waals surface area (Å²) in [6.45, 7) is -0.617. The summed E-state index contributed by atoms with van der Waals surface area (Å²) < 4.78 is 0.931. The summed E-state index contributed by atoms with van der Waals surface area (Å²) in [5.41, 5.74) is 2.32. The third kappa shape index (κ3) is 5.20. The second kappa shape index (κ2) is 6.62. The molecule has 0 fully saturated rings. The largest absolute Gasteiger partial charge is 0.479 e. The van der Waals surface area contributed by atoms with E-state index in [2.05, 4.69) is 32.7 Å². The number of benzene rings is 1. The number of nitrogens with one attached hydrogen (secondary N) is 2. The van der Waals surface area contributed by atoms with Gasteiger partial charge in [-0.15, -0.1) is 0 Å². The normalized spacial score (nSPS) is 9.76. The van der Waals surface area contributed by atoms with Crippen molar-refractivity contribution in [2.45, 2.75) is 0 Å². The topological polar surface area (TPSA) is 87.7 Å². The van der Waals surface area contributed by atoms with Crippen molar-refractivity contribution in [3.8, 4) is 0 Å². The van der Waals surface area contributed by atoms with Crippen LogP contribution in [0.3, 0.4) is 0 Å². The minimum Gasteiger partial charge on any atom is -0.479 e. The zero-order chi connectivity index (χ0) is 12.8. The van der Waals surface area contributed by atoms with Crippen LogP contribution in [-0.4, -0.2) is 23.7 Å². The summed E-state index contributed by atoms with van der Waals surface area (Å²) in [6, 6.07) is 4.37. The molecular weight excluding hydrogens is 362 g/mol. The zero-order valence-electron chi connectivity index (χ0n) is 8.37. The summed E-state index contributed by atoms with van der Waals surface area (Å²) >= 11 is 7.96. The maximum Gasteiger partial charge on any atom is 0.343 e. The van der Waals surface area contributed by atoms with Crippen molar-refractivity contribution in [2.75, 3.05) is 11.9 Å². The van der Waals surface area contributed by atoms with E-state index in [0.29, 0.717) is 10.7 Å². The van der Waals surface area contributed by atoms with E-state index >= 15 is 0 Å². The smallest absolute Gasteiger partial charge is 0.343 e. The van der Waals surface area contributed by atoms with Gasteiger partial charge in [-0.3, -0.25) is 4.84 Å². The highest BCUT2D eigenvalue weighted by molar-refractivity contribution is 14.1. The maximum atomic E-state index is 11.2. The van der Waals surface area contributed by atoms with E-state index in [4.69, 9.17) is 16.7 Å². The van der Waals surface area contributed by atoms with Gasteiger partial charge in [0.2, 0.25) is 0 Å². The van der Waals surface area contributed by atoms with Crippen molar-refractivity contribution < 1.29 is 19.5 Å². The molecule has 8 heteroatoms. The molecule has 92 valence electrons. The maximum absolute atomic E-state index is 11.2. The van der Waals surface area contributed by atoms with E-state index in [1.165, 1.54) is 0 Å². The van der Waals surface area contributed by atoms with Gasteiger partial charge in [0.1, 0.15) is 0 Å². The van der Waals surface area contributed by atoms with Gasteiger partial charge in [0.25, 0.3) is 0 Å². The molecular formula is C9H8ClIN2O4. The lowest BCUT2D eigenvalue weighted by Gasteiger charge is -2.08. The number of hydrogen-bond donors (Lipinski definition) is 3. The Hall–Kier alpha value is -1.06. The quantitative estimate of drug-likeness (QED) is 0.559. The molecule has 0 saturated heterocycles. The van der Waals surface area contributed by atoms with Crippen molar-refractivity contribution in [1.82, 2.24) is 5.48 Å². The molecule has 0 radical (unpaired) electrons. The van der Waals surface area contributed by atoms with Crippen LogP contribution in [0.4, 0.5) is 10.5 Å². The van der Waals surface area contributed by atoms with Crippen molar-refractivity contribution in [1.29, 1.82) is 0 Å². The van der Waals surface area contributed by atoms with Crippen LogP contribution in [0.15, 0.2) is 18.2 Å². The lowest BCUT2D eigenvalue weighted by atomic mass is 10.3. The highest BCUT2D eigenvalue weighted by Crippen LogP contribution is 2.23. The average molecular weight is 371 g/mol. The fourth-order valence-corrected chi connectivity index (χ4v) is 1.81. The molecule has 0 bridgehead atoms. The van der Waals surface area contributed by atoms with E-state index in [1.807, 2.05) is 5.48 Å². The molecule has 17 heavy (non-hydrogen) atoms. The number of carboxylic acids is 1. The number of carboxylic acid groups (broad SMARTS) is 1. The Morgan fingerprint density at radius 2 is 2.18 bits per heavy atom. The minimum atomic E-state index is -1.18. The molecule has 1 aromatic carbocycles. The van der Waals surface area contributed by atoms with Crippen molar-refractivity contribution >= 4 is 51.9 Å². The number of rotatable bonds is 4. The Balaban J connectivity index is 2.48. The fourth-order valence-electron chi connectivity index (χ4n) is 0.902. The van der Waals surface area contributed by atoms with Crippen LogP contribution in [0.5, 0.6) is 0 Å². The molecule has 2 amide bonds. The zero-order valence-corrected chi connectivity index (χ0v) is 11.3. The first kappa shape index (κ1) is 14.0. The van der Waals surface area contributed by atoms with Crippen molar-refractivity contribution in [3.05, 3.63) is 26.8 Å². The third-order valence-electron chi connectivity index (χ3n) is 1.54. The molecule has 0 aliphatic heterocycles. The van der Waals surface area contributed by atoms with Crippen LogP contribution < -0.4 is 10.8 Å². The molecule has 0 aliphatic rings. The summed E-state index contributed by atoms with van der Waals surface area (Å²) in [6.07, 6.45) is 0. The second-order valence-corrected chi connectivity index (χ2v) is 4.52. The minimum absolute atomic E-state index is 0.380. The predicted octanol–water partition coefficient (Wildman–Crippen LogP) is 2.08. The predicted molar refractivity (Wildman–Crippen MR) is 69.9 cm³/mol. The second-order valence-electron chi connectivity index (χ2n) is 2.86. The van der Waals surface area contributed by atoms with Gasteiger partial charge in [-0.2, -0.15) is 0 Å². The Labute approximate surface area is 115 Å². The lowest BCUT2D eigenvalue weighted by Crippen LogP contribution is -2.30. The molecule has 1 aromatic rings. The fraction of sp³-hybridized carbons (Fsp3) is 0.111. The Bertz CT molecular complexity index is 441. The number of anilines is 1. The number of urea groups is 1. The average Bonchev–Trinajstić information content (AvgIpc) is 2.21. The summed E-state index contributed by atoms with van der Waals surface area (Å²) in [7, 11) is 0. The number of carbonyl (C=O) groups is 2. The van der Waals surface area contributed by atoms with Crippen LogP contribution in [0.1, 0.15) is 0 Å². The van der Waals surface area contributed by atoms with Crippen LogP contribution in [0.25, 0.3) is 0 Å². The molecule has 0 unspecified atom stereocenters. The van der Waals surface area contributed by atoms with Gasteiger partial charge >= 0.3 is 12.0 Å². The number of halogens is 2. The third-order valence-corrected chi connectivity index (χ3v) is 2.52. The molecule has 1 rings (SSSR count). The van der Waals surface area contributed by atoms with Crippen LogP contribution in [0.2, 0.25) is 5.02 Å². The Kier molecular flexibility index (Phi) is 5.45. The van der Waals surface area contributed by atoms with E-state index in [-0.39, 0.29) is 0 Å². The van der Waals surface area contributed by atoms with Gasteiger partial charge in [-0.25, -0.2) is 15.1 Å². The molecule has 6 nitrogen and oxygen atoms in total. The monoisotopic (exact) mass is 370 g/mol. The first-order chi connectivity index (χ1) is 7.99. The Morgan fingerprint density at radius 3 is 2.76 bits per heavy atom. The van der Waals surface area contributed by atoms with E-state index in [9.17, 15) is 9.59 Å². The summed E-state index contributed by atoms with van der Waals surface area (Å²) in [4.78, 5) is 25.7. The van der Waals surface area contributed by atoms with Gasteiger partial charge < -0.3 is 10.4 Å². The molecule has 0 aromatic heterocycles. The van der Waals surface area contributed by atoms with E-state index < -0.39 is 18.6 Å². The molecule has 0 atom stereocenters. The first-order valence-corrected chi connectivity index (χ1v) is 5.80. The molecule has 0 spiro atoms. The SMILES string of the molecule is O=C(O)CONC(=O)Nc1ccc(I)cc1Cl. The van der Waals surface area contributed by atoms with Crippen molar-refractivity contribution in [2.24, 2.45) is 0 Å². The highest BCUT2D eigenvalue weighted by atomic mass is 127. The number of hydroxylamine groups is 1. The first-order valence-electron chi connectivity index (χ1n) is 4.34. The molecule has 0 saturated carbocycles. The Morgan fingerprint density at radius 1 is 1.47 bits per heavy atom. The number of aliphatic carboxylic acids is 1. The number of hydrogen-bond acceptors (Lipinski definition) is 3. The van der Waals surface area contributed by atoms with Gasteiger partial charge in [-0.1, -0.05) is 11.6 Å². The molecule has 0 heterocycles. The molecule has 3 N–H and O–H groups in total. The standard InChI is InChI=1S/C9H8ClIN2O4/c10-6-3-5(11)1-2-7(6)12-9(16)13-17-4-8(14)15/h1-3H,4H2,(H,14,15)(H2,12,13,16). The highest BCUT2D eigenvalue weighted by Gasteiger charge is 2.06. The number of carbonyl (C=O) groups excluding carboxylic acids is 1. The van der Waals surface area contributed by atoms with E-state index in [1.54, 1.807) is 18.2 Å². The van der Waals surface area contributed by atoms with Crippen LogP contribution in [-0.2, 0) is 9.63 Å². The lowest BCUT2D eigenvalue weighted by molar-refractivity contribution is -0.143. The molecule has 0 aliphatic carbocycles. The van der Waals surface area contributed by atoms with Crippen LogP contribution in [0, 0.1) is 3.57 Å². The summed E-state index contributed by atoms with van der Waals surface area (Å²) in [5, 5.41) is 11.1. The van der Waals surface area contributed by atoms with Gasteiger partial charge in [0, 0.05) is 3.57 Å². The van der Waals surface area contributed by atoms with E-state index in [0.717, 1.165) is 3.57 Å².